The molecule has 4 rings (SSSR count). The number of fused-ring (bicyclic) bond motifs is 3. The van der Waals surface area contributed by atoms with Crippen molar-refractivity contribution >= 4 is 17.5 Å². The number of carbonyl (C=O) groups excluding carboxylic acids is 1. The number of benzene rings is 2. The third kappa shape index (κ3) is 3.19. The van der Waals surface area contributed by atoms with E-state index in [9.17, 15) is 4.79 Å². The average molecular weight is 356 g/mol. The fraction of sp³-hybridized carbons (Fsp3) is 0.381. The highest BCUT2D eigenvalue weighted by atomic mass is 35.5. The Hall–Kier alpha value is -1.84. The zero-order chi connectivity index (χ0) is 17.2. The number of halogens is 1. The lowest BCUT2D eigenvalue weighted by atomic mass is 9.79. The number of nitrogens with zero attached hydrogens (tertiary/aromatic N) is 1. The van der Waals surface area contributed by atoms with Gasteiger partial charge in [-0.3, -0.25) is 4.79 Å². The molecule has 1 unspecified atom stereocenters. The number of carbonyl (C=O) groups is 1. The van der Waals surface area contributed by atoms with Gasteiger partial charge in [0.05, 0.1) is 6.10 Å². The van der Waals surface area contributed by atoms with Crippen LogP contribution in [-0.4, -0.2) is 35.9 Å². The minimum absolute atomic E-state index is 0.0353. The number of ether oxygens (including phenoxy) is 1. The molecule has 25 heavy (non-hydrogen) atoms. The molecular weight excluding hydrogens is 334 g/mol. The molecule has 2 aromatic rings. The van der Waals surface area contributed by atoms with Crippen molar-refractivity contribution < 1.29 is 9.53 Å². The van der Waals surface area contributed by atoms with E-state index in [1.807, 2.05) is 23.1 Å². The van der Waals surface area contributed by atoms with Crippen molar-refractivity contribution in [2.24, 2.45) is 0 Å². The van der Waals surface area contributed by atoms with Crippen LogP contribution in [0.1, 0.15) is 41.6 Å². The van der Waals surface area contributed by atoms with E-state index in [0.717, 1.165) is 18.5 Å². The number of alkyl halides is 1. The number of hydrogen-bond acceptors (Lipinski definition) is 2. The number of rotatable bonds is 3. The van der Waals surface area contributed by atoms with E-state index in [1.54, 1.807) is 0 Å². The number of likely N-dealkylation sites (tertiary alicyclic amines) is 1. The second-order valence-electron chi connectivity index (χ2n) is 6.77. The van der Waals surface area contributed by atoms with Crippen LogP contribution in [-0.2, 0) is 9.53 Å². The molecular formula is C21H22ClNO2. The van der Waals surface area contributed by atoms with Gasteiger partial charge in [-0.2, -0.15) is 0 Å². The molecule has 1 fully saturated rings. The smallest absolute Gasteiger partial charge is 0.223 e. The van der Waals surface area contributed by atoms with Crippen molar-refractivity contribution in [3.05, 3.63) is 71.3 Å². The third-order valence-electron chi connectivity index (χ3n) is 5.31. The number of piperidine rings is 1. The van der Waals surface area contributed by atoms with E-state index < -0.39 is 0 Å². The van der Waals surface area contributed by atoms with E-state index in [4.69, 9.17) is 16.3 Å². The summed E-state index contributed by atoms with van der Waals surface area (Å²) in [5.74, 6) is 0.864. The Bertz CT molecular complexity index is 749. The minimum atomic E-state index is -0.0678. The van der Waals surface area contributed by atoms with Crippen molar-refractivity contribution in [3.63, 3.8) is 0 Å². The molecule has 130 valence electrons. The highest BCUT2D eigenvalue weighted by Gasteiger charge is 2.40. The first-order valence-electron chi connectivity index (χ1n) is 8.91. The Balaban J connectivity index is 1.65. The van der Waals surface area contributed by atoms with Gasteiger partial charge in [0.2, 0.25) is 5.91 Å². The summed E-state index contributed by atoms with van der Waals surface area (Å²) in [6, 6.07) is 18.9. The largest absolute Gasteiger partial charge is 0.363 e. The SMILES string of the molecule is O=C(CCCl)N1CC[C@H]2c3ccccc3C(c3ccccc3)O[C@H]2C1. The Morgan fingerprint density at radius 3 is 2.56 bits per heavy atom. The van der Waals surface area contributed by atoms with Crippen molar-refractivity contribution in [2.75, 3.05) is 19.0 Å². The molecule has 0 spiro atoms. The molecule has 0 saturated carbocycles. The molecule has 0 bridgehead atoms. The van der Waals surface area contributed by atoms with Gasteiger partial charge in [0.25, 0.3) is 0 Å². The van der Waals surface area contributed by atoms with Crippen LogP contribution in [0.15, 0.2) is 54.6 Å². The summed E-state index contributed by atoms with van der Waals surface area (Å²) in [7, 11) is 0. The van der Waals surface area contributed by atoms with Gasteiger partial charge in [0.1, 0.15) is 6.10 Å². The summed E-state index contributed by atoms with van der Waals surface area (Å²) in [5, 5.41) is 0. The van der Waals surface area contributed by atoms with Crippen LogP contribution in [0.4, 0.5) is 0 Å². The summed E-state index contributed by atoms with van der Waals surface area (Å²) >= 11 is 5.74. The van der Waals surface area contributed by atoms with Crippen molar-refractivity contribution in [1.29, 1.82) is 0 Å². The summed E-state index contributed by atoms with van der Waals surface area (Å²) in [5.41, 5.74) is 3.80. The minimum Gasteiger partial charge on any atom is -0.363 e. The number of amides is 1. The Morgan fingerprint density at radius 1 is 1.08 bits per heavy atom. The molecule has 2 aliphatic heterocycles. The van der Waals surface area contributed by atoms with E-state index in [2.05, 4.69) is 36.4 Å². The molecule has 0 radical (unpaired) electrons. The monoisotopic (exact) mass is 355 g/mol. The molecule has 0 aromatic heterocycles. The fourth-order valence-electron chi connectivity index (χ4n) is 4.10. The van der Waals surface area contributed by atoms with E-state index in [1.165, 1.54) is 11.1 Å². The van der Waals surface area contributed by atoms with Gasteiger partial charge in [-0.05, 0) is 23.1 Å². The third-order valence-corrected chi connectivity index (χ3v) is 5.50. The first kappa shape index (κ1) is 16.6. The van der Waals surface area contributed by atoms with Gasteiger partial charge in [-0.25, -0.2) is 0 Å². The van der Waals surface area contributed by atoms with Gasteiger partial charge in [-0.1, -0.05) is 54.6 Å². The molecule has 3 nitrogen and oxygen atoms in total. The van der Waals surface area contributed by atoms with Crippen LogP contribution in [0.3, 0.4) is 0 Å². The van der Waals surface area contributed by atoms with Crippen molar-refractivity contribution in [3.8, 4) is 0 Å². The van der Waals surface area contributed by atoms with E-state index in [-0.39, 0.29) is 18.1 Å². The Labute approximate surface area is 153 Å². The Kier molecular flexibility index (Phi) is 4.78. The lowest BCUT2D eigenvalue weighted by Gasteiger charge is -2.44. The second kappa shape index (κ2) is 7.19. The van der Waals surface area contributed by atoms with Gasteiger partial charge < -0.3 is 9.64 Å². The van der Waals surface area contributed by atoms with E-state index in [0.29, 0.717) is 24.8 Å². The van der Waals surface area contributed by atoms with Crippen LogP contribution in [0.2, 0.25) is 0 Å². The molecule has 1 amide bonds. The fourth-order valence-corrected chi connectivity index (χ4v) is 4.26. The zero-order valence-electron chi connectivity index (χ0n) is 14.1. The molecule has 1 saturated heterocycles. The predicted octanol–water partition coefficient (Wildman–Crippen LogP) is 4.12. The van der Waals surface area contributed by atoms with Crippen LogP contribution >= 0.6 is 11.6 Å². The van der Waals surface area contributed by atoms with Crippen LogP contribution < -0.4 is 0 Å². The lowest BCUT2D eigenvalue weighted by molar-refractivity contribution is -0.137. The van der Waals surface area contributed by atoms with Crippen molar-refractivity contribution in [2.45, 2.75) is 31.0 Å². The standard InChI is InChI=1S/C21H22ClNO2/c22-12-10-20(24)23-13-11-17-16-8-4-5-9-18(16)21(25-19(17)14-23)15-6-2-1-3-7-15/h1-9,17,19,21H,10-14H2/t17-,19-,21?/m0/s1. The van der Waals surface area contributed by atoms with Crippen LogP contribution in [0.5, 0.6) is 0 Å². The summed E-state index contributed by atoms with van der Waals surface area (Å²) in [4.78, 5) is 14.2. The summed E-state index contributed by atoms with van der Waals surface area (Å²) in [6.07, 6.45) is 1.31. The molecule has 0 aliphatic carbocycles. The van der Waals surface area contributed by atoms with Gasteiger partial charge in [-0.15, -0.1) is 11.6 Å². The molecule has 3 atom stereocenters. The first-order valence-corrected chi connectivity index (χ1v) is 9.44. The normalized spacial score (nSPS) is 25.2. The highest BCUT2D eigenvalue weighted by molar-refractivity contribution is 6.18. The molecule has 2 aliphatic rings. The maximum Gasteiger partial charge on any atom is 0.223 e. The number of hydrogen-bond donors (Lipinski definition) is 0. The molecule has 2 heterocycles. The van der Waals surface area contributed by atoms with Crippen molar-refractivity contribution in [1.82, 2.24) is 4.90 Å². The first-order chi connectivity index (χ1) is 12.3. The zero-order valence-corrected chi connectivity index (χ0v) is 14.9. The van der Waals surface area contributed by atoms with Gasteiger partial charge in [0.15, 0.2) is 0 Å². The highest BCUT2D eigenvalue weighted by Crippen LogP contribution is 2.44. The lowest BCUT2D eigenvalue weighted by Crippen LogP contribution is -2.49. The average Bonchev–Trinajstić information content (AvgIpc) is 2.68. The Morgan fingerprint density at radius 2 is 1.80 bits per heavy atom. The van der Waals surface area contributed by atoms with E-state index >= 15 is 0 Å². The molecule has 2 aromatic carbocycles. The topological polar surface area (TPSA) is 29.5 Å². The maximum absolute atomic E-state index is 12.3. The summed E-state index contributed by atoms with van der Waals surface area (Å²) < 4.78 is 6.53. The predicted molar refractivity (Wildman–Crippen MR) is 98.9 cm³/mol. The van der Waals surface area contributed by atoms with Crippen LogP contribution in [0, 0.1) is 0 Å². The van der Waals surface area contributed by atoms with Gasteiger partial charge in [0, 0.05) is 31.3 Å². The quantitative estimate of drug-likeness (QED) is 0.775. The van der Waals surface area contributed by atoms with Crippen LogP contribution in [0.25, 0.3) is 0 Å². The molecule has 4 heteroatoms. The molecule has 0 N–H and O–H groups in total. The second-order valence-corrected chi connectivity index (χ2v) is 7.15. The summed E-state index contributed by atoms with van der Waals surface area (Å²) in [6.45, 7) is 1.43. The maximum atomic E-state index is 12.3. The van der Waals surface area contributed by atoms with Gasteiger partial charge >= 0.3 is 0 Å².